The first-order chi connectivity index (χ1) is 10.0. The van der Waals surface area contributed by atoms with Crippen LogP contribution in [0.2, 0.25) is 0 Å². The fraction of sp³-hybridized carbons (Fsp3) is 0.500. The maximum Gasteiger partial charge on any atom is 0.248 e. The number of methoxy groups -OCH3 is 1. The summed E-state index contributed by atoms with van der Waals surface area (Å²) in [6.07, 6.45) is 1.23. The molecule has 0 aromatic heterocycles. The van der Waals surface area contributed by atoms with Gasteiger partial charge in [0.2, 0.25) is 15.9 Å². The van der Waals surface area contributed by atoms with Crippen LogP contribution in [-0.2, 0) is 19.6 Å². The number of benzene rings is 1. The molecule has 1 aromatic carbocycles. The number of sulfonamides is 1. The number of hydrogen-bond donors (Lipinski definition) is 1. The third-order valence-electron chi connectivity index (χ3n) is 3.49. The first-order valence-electron chi connectivity index (χ1n) is 6.87. The van der Waals surface area contributed by atoms with E-state index in [1.807, 2.05) is 0 Å². The highest BCUT2D eigenvalue weighted by atomic mass is 32.2. The lowest BCUT2D eigenvalue weighted by Gasteiger charge is -2.32. The zero-order chi connectivity index (χ0) is 15.3. The van der Waals surface area contributed by atoms with Gasteiger partial charge in [-0.3, -0.25) is 4.79 Å². The molecular weight excluding hydrogens is 292 g/mol. The van der Waals surface area contributed by atoms with Crippen LogP contribution < -0.4 is 4.72 Å². The van der Waals surface area contributed by atoms with Crippen molar-refractivity contribution in [2.24, 2.45) is 0 Å². The Bertz CT molecular complexity index is 566. The van der Waals surface area contributed by atoms with E-state index in [0.717, 1.165) is 0 Å². The van der Waals surface area contributed by atoms with Crippen molar-refractivity contribution >= 4 is 15.9 Å². The molecule has 1 aliphatic rings. The number of rotatable bonds is 5. The molecule has 6 nitrogen and oxygen atoms in total. The first kappa shape index (κ1) is 15.9. The van der Waals surface area contributed by atoms with Crippen LogP contribution in [0.5, 0.6) is 0 Å². The number of likely N-dealkylation sites (tertiary alicyclic amines) is 1. The van der Waals surface area contributed by atoms with Gasteiger partial charge in [-0.15, -0.1) is 0 Å². The summed E-state index contributed by atoms with van der Waals surface area (Å²) in [6.45, 7) is 1.16. The molecule has 1 aliphatic heterocycles. The highest BCUT2D eigenvalue weighted by Gasteiger charge is 2.26. The van der Waals surface area contributed by atoms with Crippen molar-refractivity contribution in [3.63, 3.8) is 0 Å². The summed E-state index contributed by atoms with van der Waals surface area (Å²) in [4.78, 5) is 13.6. The van der Waals surface area contributed by atoms with Gasteiger partial charge in [0.05, 0.1) is 4.90 Å². The molecule has 0 radical (unpaired) electrons. The number of carbonyl (C=O) groups is 1. The normalized spacial score (nSPS) is 16.9. The molecule has 0 aliphatic carbocycles. The minimum atomic E-state index is -3.49. The SMILES string of the molecule is COCC(=O)N1CCC(NS(=O)(=O)c2ccccc2)CC1. The van der Waals surface area contributed by atoms with Crippen molar-refractivity contribution in [2.75, 3.05) is 26.8 Å². The monoisotopic (exact) mass is 312 g/mol. The zero-order valence-electron chi connectivity index (χ0n) is 12.0. The molecule has 0 unspecified atom stereocenters. The smallest absolute Gasteiger partial charge is 0.248 e. The maximum absolute atomic E-state index is 12.2. The Kier molecular flexibility index (Phi) is 5.33. The van der Waals surface area contributed by atoms with Gasteiger partial charge in [0.25, 0.3) is 0 Å². The molecular formula is C14H20N2O4S. The fourth-order valence-corrected chi connectivity index (χ4v) is 3.67. The number of ether oxygens (including phenoxy) is 1. The third kappa shape index (κ3) is 4.26. The first-order valence-corrected chi connectivity index (χ1v) is 8.35. The largest absolute Gasteiger partial charge is 0.375 e. The van der Waals surface area contributed by atoms with E-state index in [9.17, 15) is 13.2 Å². The zero-order valence-corrected chi connectivity index (χ0v) is 12.8. The predicted molar refractivity (Wildman–Crippen MR) is 78.2 cm³/mol. The van der Waals surface area contributed by atoms with Crippen LogP contribution in [0.3, 0.4) is 0 Å². The fourth-order valence-electron chi connectivity index (χ4n) is 2.35. The molecule has 7 heteroatoms. The Morgan fingerprint density at radius 2 is 1.90 bits per heavy atom. The van der Waals surface area contributed by atoms with E-state index in [1.165, 1.54) is 7.11 Å². The Morgan fingerprint density at radius 1 is 1.29 bits per heavy atom. The lowest BCUT2D eigenvalue weighted by Crippen LogP contribution is -2.47. The van der Waals surface area contributed by atoms with E-state index in [-0.39, 0.29) is 23.5 Å². The molecule has 21 heavy (non-hydrogen) atoms. The van der Waals surface area contributed by atoms with E-state index in [0.29, 0.717) is 25.9 Å². The van der Waals surface area contributed by atoms with Crippen molar-refractivity contribution in [3.05, 3.63) is 30.3 Å². The summed E-state index contributed by atoms with van der Waals surface area (Å²) in [6, 6.07) is 8.17. The summed E-state index contributed by atoms with van der Waals surface area (Å²) in [5, 5.41) is 0. The standard InChI is InChI=1S/C14H20N2O4S/c1-20-11-14(17)16-9-7-12(8-10-16)15-21(18,19)13-5-3-2-4-6-13/h2-6,12,15H,7-11H2,1H3. The molecule has 1 N–H and O–H groups in total. The molecule has 1 heterocycles. The Morgan fingerprint density at radius 3 is 2.48 bits per heavy atom. The second-order valence-electron chi connectivity index (χ2n) is 5.02. The highest BCUT2D eigenvalue weighted by molar-refractivity contribution is 7.89. The van der Waals surface area contributed by atoms with Gasteiger partial charge in [-0.05, 0) is 25.0 Å². The molecule has 0 saturated carbocycles. The lowest BCUT2D eigenvalue weighted by atomic mass is 10.1. The van der Waals surface area contributed by atoms with Crippen molar-refractivity contribution in [1.29, 1.82) is 0 Å². The van der Waals surface area contributed by atoms with Crippen LogP contribution in [0.1, 0.15) is 12.8 Å². The third-order valence-corrected chi connectivity index (χ3v) is 5.03. The topological polar surface area (TPSA) is 75.7 Å². The van der Waals surface area contributed by atoms with Crippen LogP contribution in [0.25, 0.3) is 0 Å². The average molecular weight is 312 g/mol. The van der Waals surface area contributed by atoms with Crippen LogP contribution >= 0.6 is 0 Å². The van der Waals surface area contributed by atoms with Crippen LogP contribution in [0.4, 0.5) is 0 Å². The van der Waals surface area contributed by atoms with E-state index < -0.39 is 10.0 Å². The maximum atomic E-state index is 12.2. The minimum absolute atomic E-state index is 0.0538. The van der Waals surface area contributed by atoms with Gasteiger partial charge >= 0.3 is 0 Å². The molecule has 1 saturated heterocycles. The summed E-state index contributed by atoms with van der Waals surface area (Å²) >= 11 is 0. The number of amides is 1. The molecule has 1 fully saturated rings. The summed E-state index contributed by atoms with van der Waals surface area (Å²) < 4.78 is 31.9. The Labute approximate surface area is 125 Å². The number of hydrogen-bond acceptors (Lipinski definition) is 4. The molecule has 1 amide bonds. The van der Waals surface area contributed by atoms with E-state index in [1.54, 1.807) is 35.2 Å². The van der Waals surface area contributed by atoms with Crippen LogP contribution in [0.15, 0.2) is 35.2 Å². The van der Waals surface area contributed by atoms with Gasteiger partial charge < -0.3 is 9.64 Å². The molecule has 0 spiro atoms. The van der Waals surface area contributed by atoms with Gasteiger partial charge in [0.1, 0.15) is 6.61 Å². The van der Waals surface area contributed by atoms with Gasteiger partial charge in [0, 0.05) is 26.2 Å². The summed E-state index contributed by atoms with van der Waals surface area (Å²) in [7, 11) is -2.00. The molecule has 116 valence electrons. The van der Waals surface area contributed by atoms with Crippen molar-refractivity contribution < 1.29 is 17.9 Å². The molecule has 1 aromatic rings. The van der Waals surface area contributed by atoms with Crippen LogP contribution in [0, 0.1) is 0 Å². The number of nitrogens with zero attached hydrogens (tertiary/aromatic N) is 1. The van der Waals surface area contributed by atoms with Crippen LogP contribution in [-0.4, -0.2) is 52.1 Å². The number of carbonyl (C=O) groups excluding carboxylic acids is 1. The number of piperidine rings is 1. The molecule has 2 rings (SSSR count). The lowest BCUT2D eigenvalue weighted by molar-refractivity contribution is -0.136. The van der Waals surface area contributed by atoms with Gasteiger partial charge in [-0.25, -0.2) is 13.1 Å². The van der Waals surface area contributed by atoms with E-state index in [2.05, 4.69) is 4.72 Å². The van der Waals surface area contributed by atoms with Crippen molar-refractivity contribution in [1.82, 2.24) is 9.62 Å². The Balaban J connectivity index is 1.90. The predicted octanol–water partition coefficient (Wildman–Crippen LogP) is 0.602. The second-order valence-corrected chi connectivity index (χ2v) is 6.74. The second kappa shape index (κ2) is 7.02. The summed E-state index contributed by atoms with van der Waals surface area (Å²) in [5.74, 6) is -0.0538. The Hall–Kier alpha value is -1.44. The highest BCUT2D eigenvalue weighted by Crippen LogP contribution is 2.15. The molecule has 0 bridgehead atoms. The van der Waals surface area contributed by atoms with Gasteiger partial charge in [-0.2, -0.15) is 0 Å². The molecule has 0 atom stereocenters. The van der Waals surface area contributed by atoms with Gasteiger partial charge in [-0.1, -0.05) is 18.2 Å². The van der Waals surface area contributed by atoms with E-state index in [4.69, 9.17) is 4.74 Å². The minimum Gasteiger partial charge on any atom is -0.375 e. The number of nitrogens with one attached hydrogen (secondary N) is 1. The quantitative estimate of drug-likeness (QED) is 0.864. The van der Waals surface area contributed by atoms with Crippen molar-refractivity contribution in [3.8, 4) is 0 Å². The van der Waals surface area contributed by atoms with Crippen molar-refractivity contribution in [2.45, 2.75) is 23.8 Å². The van der Waals surface area contributed by atoms with E-state index >= 15 is 0 Å². The van der Waals surface area contributed by atoms with Gasteiger partial charge in [0.15, 0.2) is 0 Å². The average Bonchev–Trinajstić information content (AvgIpc) is 2.49. The summed E-state index contributed by atoms with van der Waals surface area (Å²) in [5.41, 5.74) is 0.